The Morgan fingerprint density at radius 1 is 1.00 bits per heavy atom. The lowest BCUT2D eigenvalue weighted by Crippen LogP contribution is -2.51. The fourth-order valence-corrected chi connectivity index (χ4v) is 10.3. The molecule has 0 saturated heterocycles. The maximum Gasteiger partial charge on any atom is 0.121 e. The Bertz CT molecular complexity index is 952. The number of benzene rings is 1. The zero-order chi connectivity index (χ0) is 26.9. The largest absolute Gasteiger partial charge is 0.494 e. The van der Waals surface area contributed by atoms with Crippen molar-refractivity contribution < 1.29 is 14.9 Å². The predicted molar refractivity (Wildman–Crippen MR) is 156 cm³/mol. The lowest BCUT2D eigenvalue weighted by Gasteiger charge is -2.59. The molecule has 0 aromatic heterocycles. The number of unbranched alkanes of at least 4 members (excludes halogenated alkanes) is 2. The van der Waals surface area contributed by atoms with Gasteiger partial charge in [0.1, 0.15) is 11.9 Å². The van der Waals surface area contributed by atoms with Crippen LogP contribution in [0.15, 0.2) is 35.9 Å². The minimum Gasteiger partial charge on any atom is -0.494 e. The van der Waals surface area contributed by atoms with Gasteiger partial charge >= 0.3 is 0 Å². The van der Waals surface area contributed by atoms with Crippen LogP contribution in [0.4, 0.5) is 0 Å². The van der Waals surface area contributed by atoms with Crippen LogP contribution in [0, 0.1) is 46.3 Å². The van der Waals surface area contributed by atoms with E-state index in [0.29, 0.717) is 17.9 Å². The second-order valence-corrected chi connectivity index (χ2v) is 14.0. The average Bonchev–Trinajstić information content (AvgIpc) is 3.27. The standard InChI is InChI=1S/C35H54O3/c1-6-8-9-10-24(3)30-19-20-31-29-18-15-27-14-11-26(23-35(27,5)32(29)21-22-34(30,31)4)33(38-36)25-12-16-28(17-13-25)37-7-2/h12-13,15-17,24,26,29-33,36H,6-11,14,18-23H2,1-5H3. The van der Waals surface area contributed by atoms with Crippen molar-refractivity contribution in [2.24, 2.45) is 46.3 Å². The SMILES string of the molecule is CCCCCC(C)C1CCC2C3CC=C4CCC(C(OO)c5ccc(OCC)cc5)CC4(C)C3CCC12C. The van der Waals surface area contributed by atoms with E-state index in [1.165, 1.54) is 57.8 Å². The van der Waals surface area contributed by atoms with Crippen LogP contribution in [0.3, 0.4) is 0 Å². The van der Waals surface area contributed by atoms with Crippen LogP contribution in [-0.4, -0.2) is 11.9 Å². The first-order chi connectivity index (χ1) is 18.4. The monoisotopic (exact) mass is 522 g/mol. The number of hydrogen-bond acceptors (Lipinski definition) is 3. The van der Waals surface area contributed by atoms with Gasteiger partial charge in [-0.2, -0.15) is 0 Å². The summed E-state index contributed by atoms with van der Waals surface area (Å²) < 4.78 is 5.64. The third-order valence-electron chi connectivity index (χ3n) is 12.2. The highest BCUT2D eigenvalue weighted by atomic mass is 17.1. The van der Waals surface area contributed by atoms with E-state index in [0.717, 1.165) is 60.2 Å². The molecule has 9 atom stereocenters. The van der Waals surface area contributed by atoms with Crippen molar-refractivity contribution in [2.45, 2.75) is 118 Å². The Labute approximate surface area is 232 Å². The molecule has 5 rings (SSSR count). The van der Waals surface area contributed by atoms with E-state index in [9.17, 15) is 5.26 Å². The van der Waals surface area contributed by atoms with Crippen molar-refractivity contribution in [3.05, 3.63) is 41.5 Å². The van der Waals surface area contributed by atoms with Gasteiger partial charge in [0.05, 0.1) is 6.61 Å². The van der Waals surface area contributed by atoms with E-state index >= 15 is 0 Å². The fraction of sp³-hybridized carbons (Fsp3) is 0.771. The van der Waals surface area contributed by atoms with Crippen LogP contribution in [0.1, 0.15) is 123 Å². The summed E-state index contributed by atoms with van der Waals surface area (Å²) in [6.07, 6.45) is 18.3. The Balaban J connectivity index is 1.32. The first-order valence-electron chi connectivity index (χ1n) is 16.1. The molecule has 38 heavy (non-hydrogen) atoms. The third-order valence-corrected chi connectivity index (χ3v) is 12.2. The molecule has 3 fully saturated rings. The van der Waals surface area contributed by atoms with Crippen LogP contribution in [0.5, 0.6) is 5.75 Å². The summed E-state index contributed by atoms with van der Waals surface area (Å²) >= 11 is 0. The van der Waals surface area contributed by atoms with Crippen LogP contribution < -0.4 is 4.74 Å². The normalized spacial score (nSPS) is 37.9. The summed E-state index contributed by atoms with van der Waals surface area (Å²) in [6, 6.07) is 8.18. The molecule has 0 amide bonds. The van der Waals surface area contributed by atoms with Crippen LogP contribution in [0.25, 0.3) is 0 Å². The molecule has 3 nitrogen and oxygen atoms in total. The first-order valence-corrected chi connectivity index (χ1v) is 16.1. The number of ether oxygens (including phenoxy) is 1. The smallest absolute Gasteiger partial charge is 0.121 e. The maximum atomic E-state index is 10.1. The van der Waals surface area contributed by atoms with Crippen molar-refractivity contribution in [3.63, 3.8) is 0 Å². The number of fused-ring (bicyclic) bond motifs is 5. The van der Waals surface area contributed by atoms with Gasteiger partial charge in [0.15, 0.2) is 0 Å². The zero-order valence-electron chi connectivity index (χ0n) is 24.9. The summed E-state index contributed by atoms with van der Waals surface area (Å²) in [5.41, 5.74) is 3.54. The van der Waals surface area contributed by atoms with Crippen molar-refractivity contribution in [1.29, 1.82) is 0 Å². The van der Waals surface area contributed by atoms with Crippen LogP contribution in [0.2, 0.25) is 0 Å². The summed E-state index contributed by atoms with van der Waals surface area (Å²) in [4.78, 5) is 5.24. The molecule has 0 radical (unpaired) electrons. The fourth-order valence-electron chi connectivity index (χ4n) is 10.3. The number of hydrogen-bond donors (Lipinski definition) is 1. The van der Waals surface area contributed by atoms with Gasteiger partial charge in [0.25, 0.3) is 0 Å². The summed E-state index contributed by atoms with van der Waals surface area (Å²) in [7, 11) is 0. The summed E-state index contributed by atoms with van der Waals surface area (Å²) in [5.74, 6) is 5.48. The molecule has 212 valence electrons. The Hall–Kier alpha value is -1.32. The van der Waals surface area contributed by atoms with E-state index < -0.39 is 0 Å². The van der Waals surface area contributed by atoms with Gasteiger partial charge in [-0.05, 0) is 122 Å². The molecule has 4 aliphatic carbocycles. The molecular formula is C35H54O3. The van der Waals surface area contributed by atoms with Crippen molar-refractivity contribution >= 4 is 0 Å². The van der Waals surface area contributed by atoms with E-state index in [1.54, 1.807) is 5.57 Å². The van der Waals surface area contributed by atoms with E-state index in [-0.39, 0.29) is 11.5 Å². The third kappa shape index (κ3) is 5.00. The maximum absolute atomic E-state index is 10.1. The number of allylic oxidation sites excluding steroid dienone is 2. The topological polar surface area (TPSA) is 38.7 Å². The molecule has 0 bridgehead atoms. The minimum absolute atomic E-state index is 0.236. The van der Waals surface area contributed by atoms with Gasteiger partial charge in [-0.15, -0.1) is 0 Å². The van der Waals surface area contributed by atoms with Crippen LogP contribution >= 0.6 is 0 Å². The quantitative estimate of drug-likeness (QED) is 0.144. The van der Waals surface area contributed by atoms with Gasteiger partial charge in [-0.25, -0.2) is 4.89 Å². The lowest BCUT2D eigenvalue weighted by molar-refractivity contribution is -0.297. The van der Waals surface area contributed by atoms with E-state index in [1.807, 2.05) is 19.1 Å². The van der Waals surface area contributed by atoms with Gasteiger partial charge in [-0.3, -0.25) is 5.26 Å². The van der Waals surface area contributed by atoms with Gasteiger partial charge < -0.3 is 4.74 Å². The lowest BCUT2D eigenvalue weighted by atomic mass is 9.46. The van der Waals surface area contributed by atoms with Crippen molar-refractivity contribution in [1.82, 2.24) is 0 Å². The van der Waals surface area contributed by atoms with Gasteiger partial charge in [0, 0.05) is 0 Å². The Kier molecular flexibility index (Phi) is 8.65. The second kappa shape index (κ2) is 11.7. The number of rotatable bonds is 10. The predicted octanol–water partition coefficient (Wildman–Crippen LogP) is 10.0. The van der Waals surface area contributed by atoms with E-state index in [2.05, 4.69) is 45.9 Å². The molecule has 1 aromatic carbocycles. The second-order valence-electron chi connectivity index (χ2n) is 14.0. The molecule has 0 spiro atoms. The average molecular weight is 523 g/mol. The minimum atomic E-state index is -0.266. The zero-order valence-corrected chi connectivity index (χ0v) is 24.9. The summed E-state index contributed by atoms with van der Waals surface area (Å²) in [5, 5.41) is 10.1. The van der Waals surface area contributed by atoms with Crippen LogP contribution in [-0.2, 0) is 4.89 Å². The molecule has 0 heterocycles. The van der Waals surface area contributed by atoms with Gasteiger partial charge in [-0.1, -0.05) is 77.2 Å². The Morgan fingerprint density at radius 2 is 1.79 bits per heavy atom. The molecule has 9 unspecified atom stereocenters. The molecule has 0 aliphatic heterocycles. The highest BCUT2D eigenvalue weighted by Gasteiger charge is 2.59. The van der Waals surface area contributed by atoms with Crippen molar-refractivity contribution in [3.8, 4) is 5.75 Å². The highest BCUT2D eigenvalue weighted by Crippen LogP contribution is 2.68. The molecule has 3 heteroatoms. The first kappa shape index (κ1) is 28.2. The molecular weight excluding hydrogens is 468 g/mol. The molecule has 1 N–H and O–H groups in total. The molecule has 1 aromatic rings. The Morgan fingerprint density at radius 3 is 2.50 bits per heavy atom. The van der Waals surface area contributed by atoms with Gasteiger partial charge in [0.2, 0.25) is 0 Å². The highest BCUT2D eigenvalue weighted by molar-refractivity contribution is 5.30. The summed E-state index contributed by atoms with van der Waals surface area (Å²) in [6.45, 7) is 12.8. The van der Waals surface area contributed by atoms with E-state index in [4.69, 9.17) is 9.62 Å². The molecule has 3 saturated carbocycles. The van der Waals surface area contributed by atoms with Crippen molar-refractivity contribution in [2.75, 3.05) is 6.61 Å². The molecule has 4 aliphatic rings.